The molecule has 0 radical (unpaired) electrons. The van der Waals surface area contributed by atoms with Crippen molar-refractivity contribution in [3.63, 3.8) is 0 Å². The topological polar surface area (TPSA) is 62.6 Å². The van der Waals surface area contributed by atoms with Crippen molar-refractivity contribution in [1.29, 1.82) is 0 Å². The lowest BCUT2D eigenvalue weighted by Gasteiger charge is -2.15. The molecule has 0 saturated carbocycles. The quantitative estimate of drug-likeness (QED) is 0.399. The van der Waals surface area contributed by atoms with Crippen molar-refractivity contribution >= 4 is 46.2 Å². The summed E-state index contributed by atoms with van der Waals surface area (Å²) < 4.78 is 44.6. The number of thiocarbonyl (C=S) groups is 1. The van der Waals surface area contributed by atoms with Crippen molar-refractivity contribution in [3.8, 4) is 11.3 Å². The zero-order valence-corrected chi connectivity index (χ0v) is 17.7. The Morgan fingerprint density at radius 2 is 1.81 bits per heavy atom. The predicted octanol–water partition coefficient (Wildman–Crippen LogP) is 5.51. The molecule has 0 unspecified atom stereocenters. The van der Waals surface area contributed by atoms with E-state index in [4.69, 9.17) is 16.6 Å². The molecule has 0 aliphatic carbocycles. The van der Waals surface area contributed by atoms with Gasteiger partial charge in [-0.15, -0.1) is 0 Å². The van der Waals surface area contributed by atoms with Crippen molar-refractivity contribution in [1.82, 2.24) is 10.4 Å². The number of carbonyl (C=O) groups is 2. The lowest BCUT2D eigenvalue weighted by atomic mass is 10.1. The molecule has 3 aromatic rings. The maximum Gasteiger partial charge on any atom is 0.416 e. The molecule has 2 aromatic carbocycles. The van der Waals surface area contributed by atoms with Crippen LogP contribution in [0.4, 0.5) is 13.2 Å². The van der Waals surface area contributed by atoms with E-state index in [1.807, 2.05) is 0 Å². The lowest BCUT2D eigenvalue weighted by molar-refractivity contribution is -0.137. The normalized spacial score (nSPS) is 15.5. The van der Waals surface area contributed by atoms with E-state index >= 15 is 0 Å². The first-order chi connectivity index (χ1) is 15.2. The van der Waals surface area contributed by atoms with Gasteiger partial charge in [0.1, 0.15) is 11.5 Å². The number of halogens is 3. The highest BCUT2D eigenvalue weighted by Crippen LogP contribution is 2.35. The third kappa shape index (κ3) is 4.61. The van der Waals surface area contributed by atoms with Crippen LogP contribution in [0.25, 0.3) is 17.4 Å². The van der Waals surface area contributed by atoms with Gasteiger partial charge in [-0.25, -0.2) is 0 Å². The van der Waals surface area contributed by atoms with Crippen LogP contribution in [0.5, 0.6) is 0 Å². The smallest absolute Gasteiger partial charge is 0.416 e. The molecule has 1 N–H and O–H groups in total. The highest BCUT2D eigenvalue weighted by atomic mass is 32.2. The third-order valence-corrected chi connectivity index (χ3v) is 5.72. The van der Waals surface area contributed by atoms with Gasteiger partial charge < -0.3 is 4.42 Å². The molecule has 2 amide bonds. The number of hydrogen-bond donors (Lipinski definition) is 1. The summed E-state index contributed by atoms with van der Waals surface area (Å²) in [7, 11) is 0. The van der Waals surface area contributed by atoms with Crippen LogP contribution in [0.3, 0.4) is 0 Å². The van der Waals surface area contributed by atoms with Crippen LogP contribution in [0, 0.1) is 0 Å². The SMILES string of the molecule is O=C(NN1C(=O)/C(=C\c2ccc(-c3cccc(C(F)(F)F)c3)o2)SC1=S)c1ccccc1. The molecule has 162 valence electrons. The zero-order valence-electron chi connectivity index (χ0n) is 16.1. The standard InChI is InChI=1S/C22H13F3N2O3S2/c23-22(24,25)15-8-4-7-14(11-15)17-10-9-16(30-17)12-18-20(29)27(21(31)32-18)26-19(28)13-5-2-1-3-6-13/h1-12H,(H,26,28)/b18-12+. The third-order valence-electron chi connectivity index (χ3n) is 4.42. The van der Waals surface area contributed by atoms with Gasteiger partial charge in [0.2, 0.25) is 0 Å². The van der Waals surface area contributed by atoms with Crippen LogP contribution in [0.1, 0.15) is 21.7 Å². The number of thioether (sulfide) groups is 1. The minimum Gasteiger partial charge on any atom is -0.457 e. The Morgan fingerprint density at radius 3 is 2.53 bits per heavy atom. The van der Waals surface area contributed by atoms with Crippen molar-refractivity contribution in [2.75, 3.05) is 0 Å². The summed E-state index contributed by atoms with van der Waals surface area (Å²) in [6.07, 6.45) is -3.05. The fourth-order valence-electron chi connectivity index (χ4n) is 2.88. The maximum absolute atomic E-state index is 12.9. The number of benzene rings is 2. The van der Waals surface area contributed by atoms with Crippen LogP contribution in [-0.2, 0) is 11.0 Å². The van der Waals surface area contributed by atoms with Gasteiger partial charge in [0, 0.05) is 17.2 Å². The molecule has 5 nitrogen and oxygen atoms in total. The average molecular weight is 474 g/mol. The second-order valence-electron chi connectivity index (χ2n) is 6.60. The second kappa shape index (κ2) is 8.64. The number of carbonyl (C=O) groups excluding carboxylic acids is 2. The molecule has 1 saturated heterocycles. The molecule has 0 atom stereocenters. The van der Waals surface area contributed by atoms with Crippen LogP contribution in [0.2, 0.25) is 0 Å². The Bertz CT molecular complexity index is 1240. The molecule has 1 fully saturated rings. The molecular formula is C22H13F3N2O3S2. The number of nitrogens with zero attached hydrogens (tertiary/aromatic N) is 1. The first kappa shape index (κ1) is 21.8. The number of hydrogen-bond acceptors (Lipinski definition) is 5. The summed E-state index contributed by atoms with van der Waals surface area (Å²) in [6.45, 7) is 0. The van der Waals surface area contributed by atoms with Gasteiger partial charge in [0.05, 0.1) is 10.5 Å². The van der Waals surface area contributed by atoms with E-state index in [1.165, 1.54) is 30.3 Å². The predicted molar refractivity (Wildman–Crippen MR) is 118 cm³/mol. The summed E-state index contributed by atoms with van der Waals surface area (Å²) in [6, 6.07) is 16.1. The van der Waals surface area contributed by atoms with Gasteiger partial charge in [0.25, 0.3) is 11.8 Å². The average Bonchev–Trinajstić information content (AvgIpc) is 3.34. The molecular weight excluding hydrogens is 461 g/mol. The minimum atomic E-state index is -4.47. The number of amides is 2. The van der Waals surface area contributed by atoms with Gasteiger partial charge in [-0.3, -0.25) is 15.0 Å². The van der Waals surface area contributed by atoms with E-state index in [0.717, 1.165) is 28.9 Å². The number of alkyl halides is 3. The summed E-state index contributed by atoms with van der Waals surface area (Å²) in [5, 5.41) is 0.970. The summed E-state index contributed by atoms with van der Waals surface area (Å²) >= 11 is 6.16. The first-order valence-electron chi connectivity index (χ1n) is 9.14. The molecule has 1 aromatic heterocycles. The highest BCUT2D eigenvalue weighted by Gasteiger charge is 2.34. The fraction of sp³-hybridized carbons (Fsp3) is 0.0455. The summed E-state index contributed by atoms with van der Waals surface area (Å²) in [5.41, 5.74) is 2.29. The Labute approximate surface area is 189 Å². The molecule has 0 bridgehead atoms. The number of rotatable bonds is 4. The lowest BCUT2D eigenvalue weighted by Crippen LogP contribution is -2.44. The molecule has 10 heteroatoms. The Balaban J connectivity index is 1.52. The van der Waals surface area contributed by atoms with E-state index in [-0.39, 0.29) is 26.3 Å². The summed E-state index contributed by atoms with van der Waals surface area (Å²) in [4.78, 5) is 25.2. The highest BCUT2D eigenvalue weighted by molar-refractivity contribution is 8.26. The summed E-state index contributed by atoms with van der Waals surface area (Å²) in [5.74, 6) is -0.559. The van der Waals surface area contributed by atoms with Gasteiger partial charge in [0.15, 0.2) is 4.32 Å². The van der Waals surface area contributed by atoms with E-state index < -0.39 is 23.6 Å². The van der Waals surface area contributed by atoms with Crippen LogP contribution in [-0.4, -0.2) is 21.1 Å². The maximum atomic E-state index is 12.9. The van der Waals surface area contributed by atoms with Gasteiger partial charge in [-0.1, -0.05) is 42.1 Å². The van der Waals surface area contributed by atoms with Crippen LogP contribution < -0.4 is 5.43 Å². The first-order valence-corrected chi connectivity index (χ1v) is 10.4. The van der Waals surface area contributed by atoms with E-state index in [1.54, 1.807) is 30.3 Å². The van der Waals surface area contributed by atoms with E-state index in [2.05, 4.69) is 5.43 Å². The largest absolute Gasteiger partial charge is 0.457 e. The molecule has 4 rings (SSSR count). The molecule has 1 aliphatic rings. The Morgan fingerprint density at radius 1 is 1.06 bits per heavy atom. The minimum absolute atomic E-state index is 0.134. The van der Waals surface area contributed by atoms with Crippen molar-refractivity contribution in [2.24, 2.45) is 0 Å². The van der Waals surface area contributed by atoms with E-state index in [9.17, 15) is 22.8 Å². The molecule has 32 heavy (non-hydrogen) atoms. The van der Waals surface area contributed by atoms with Crippen LogP contribution >= 0.6 is 24.0 Å². The van der Waals surface area contributed by atoms with E-state index in [0.29, 0.717) is 5.56 Å². The zero-order chi connectivity index (χ0) is 22.9. The molecule has 0 spiro atoms. The van der Waals surface area contributed by atoms with Crippen molar-refractivity contribution < 1.29 is 27.2 Å². The monoisotopic (exact) mass is 474 g/mol. The number of nitrogens with one attached hydrogen (secondary N) is 1. The number of furan rings is 1. The Hall–Kier alpha value is -3.37. The fourth-order valence-corrected chi connectivity index (χ4v) is 4.04. The number of hydrazine groups is 1. The van der Waals surface area contributed by atoms with Crippen molar-refractivity contribution in [3.05, 3.63) is 88.5 Å². The van der Waals surface area contributed by atoms with Crippen LogP contribution in [0.15, 0.2) is 76.1 Å². The van der Waals surface area contributed by atoms with Gasteiger partial charge in [-0.05, 0) is 48.6 Å². The Kier molecular flexibility index (Phi) is 5.90. The molecule has 1 aliphatic heterocycles. The van der Waals surface area contributed by atoms with Gasteiger partial charge >= 0.3 is 6.18 Å². The molecule has 2 heterocycles. The van der Waals surface area contributed by atoms with Gasteiger partial charge in [-0.2, -0.15) is 18.2 Å². The second-order valence-corrected chi connectivity index (χ2v) is 8.28. The van der Waals surface area contributed by atoms with Crippen molar-refractivity contribution in [2.45, 2.75) is 6.18 Å².